The highest BCUT2D eigenvalue weighted by Gasteiger charge is 2.20. The Morgan fingerprint density at radius 2 is 1.77 bits per heavy atom. The molecule has 0 unspecified atom stereocenters. The Kier molecular flexibility index (Phi) is 5.52. The van der Waals surface area contributed by atoms with Gasteiger partial charge in [0.25, 0.3) is 5.91 Å². The maximum absolute atomic E-state index is 13.8. The number of hydrogen-bond acceptors (Lipinski definition) is 4. The Balaban J connectivity index is 1.50. The van der Waals surface area contributed by atoms with Gasteiger partial charge in [0.05, 0.1) is 5.56 Å². The molecule has 152 valence electrons. The van der Waals surface area contributed by atoms with Crippen LogP contribution in [-0.2, 0) is 0 Å². The molecule has 2 aromatic carbocycles. The van der Waals surface area contributed by atoms with Crippen LogP contribution < -0.4 is 10.2 Å². The molecule has 3 aromatic rings. The predicted octanol–water partition coefficient (Wildman–Crippen LogP) is 4.69. The number of benzene rings is 2. The zero-order valence-corrected chi connectivity index (χ0v) is 16.4. The fraction of sp³-hybridized carbons (Fsp3) is 0.174. The minimum Gasteiger partial charge on any atom is -0.336 e. The molecule has 0 aliphatic carbocycles. The number of anilines is 2. The van der Waals surface area contributed by atoms with Crippen LogP contribution in [0.3, 0.4) is 0 Å². The van der Waals surface area contributed by atoms with Gasteiger partial charge in [0.15, 0.2) is 11.6 Å². The van der Waals surface area contributed by atoms with Crippen LogP contribution in [0.25, 0.3) is 5.57 Å². The van der Waals surface area contributed by atoms with E-state index in [1.807, 2.05) is 12.1 Å². The summed E-state index contributed by atoms with van der Waals surface area (Å²) >= 11 is 0. The first-order valence-corrected chi connectivity index (χ1v) is 9.59. The van der Waals surface area contributed by atoms with Crippen molar-refractivity contribution in [3.8, 4) is 0 Å². The van der Waals surface area contributed by atoms with E-state index in [2.05, 4.69) is 27.1 Å². The van der Waals surface area contributed by atoms with Gasteiger partial charge < -0.3 is 10.2 Å². The molecule has 7 heteroatoms. The zero-order valence-electron chi connectivity index (χ0n) is 16.4. The van der Waals surface area contributed by atoms with Gasteiger partial charge in [-0.15, -0.1) is 0 Å². The lowest BCUT2D eigenvalue weighted by Crippen LogP contribution is -2.32. The highest BCUT2D eigenvalue weighted by Crippen LogP contribution is 2.29. The Hall–Kier alpha value is -3.61. The lowest BCUT2D eigenvalue weighted by Gasteiger charge is -2.30. The molecule has 0 radical (unpaired) electrons. The molecule has 2 heterocycles. The largest absolute Gasteiger partial charge is 0.336 e. The van der Waals surface area contributed by atoms with E-state index in [9.17, 15) is 13.6 Å². The fourth-order valence-electron chi connectivity index (χ4n) is 3.45. The normalized spacial score (nSPS) is 14.0. The number of carbonyl (C=O) groups is 1. The van der Waals surface area contributed by atoms with Gasteiger partial charge in [-0.05, 0) is 54.8 Å². The quantitative estimate of drug-likeness (QED) is 0.683. The standard InChI is InChI=1S/C23H20F2N4O/c1-15-10-13-29(23-26-11-3-12-27-23)14-19(15)16-6-8-17(9-7-16)28-22(30)18-4-2-5-20(24)21(18)25/h2-9,11-12H,10,13-14H2,1H3,(H,28,30). The van der Waals surface area contributed by atoms with Crippen LogP contribution in [0.2, 0.25) is 0 Å². The van der Waals surface area contributed by atoms with Crippen molar-refractivity contribution in [2.45, 2.75) is 13.3 Å². The minimum atomic E-state index is -1.15. The van der Waals surface area contributed by atoms with E-state index in [1.54, 1.807) is 30.6 Å². The van der Waals surface area contributed by atoms with Gasteiger partial charge in [0.1, 0.15) is 0 Å². The molecule has 0 atom stereocenters. The third-order valence-corrected chi connectivity index (χ3v) is 5.14. The highest BCUT2D eigenvalue weighted by atomic mass is 19.2. The van der Waals surface area contributed by atoms with Crippen molar-refractivity contribution in [3.05, 3.63) is 89.3 Å². The number of rotatable bonds is 4. The van der Waals surface area contributed by atoms with E-state index in [1.165, 1.54) is 23.3 Å². The SMILES string of the molecule is CC1=C(c2ccc(NC(=O)c3cccc(F)c3F)cc2)CN(c2ncccn2)CC1. The molecule has 0 fully saturated rings. The maximum Gasteiger partial charge on any atom is 0.258 e. The number of nitrogens with zero attached hydrogens (tertiary/aromatic N) is 3. The first-order valence-electron chi connectivity index (χ1n) is 9.59. The molecule has 1 N–H and O–H groups in total. The molecule has 1 aromatic heterocycles. The summed E-state index contributed by atoms with van der Waals surface area (Å²) < 4.78 is 27.2. The molecule has 30 heavy (non-hydrogen) atoms. The van der Waals surface area contributed by atoms with Crippen LogP contribution in [-0.4, -0.2) is 29.0 Å². The number of halogens is 2. The molecule has 4 rings (SSSR count). The van der Waals surface area contributed by atoms with Crippen molar-refractivity contribution in [1.29, 1.82) is 0 Å². The van der Waals surface area contributed by atoms with Gasteiger partial charge in [0.2, 0.25) is 5.95 Å². The smallest absolute Gasteiger partial charge is 0.258 e. The van der Waals surface area contributed by atoms with Crippen LogP contribution in [0.4, 0.5) is 20.4 Å². The summed E-state index contributed by atoms with van der Waals surface area (Å²) in [7, 11) is 0. The summed E-state index contributed by atoms with van der Waals surface area (Å²) in [4.78, 5) is 23.1. The lowest BCUT2D eigenvalue weighted by molar-refractivity contribution is 0.102. The molecule has 5 nitrogen and oxygen atoms in total. The van der Waals surface area contributed by atoms with Gasteiger partial charge in [-0.25, -0.2) is 18.7 Å². The maximum atomic E-state index is 13.8. The number of nitrogens with one attached hydrogen (secondary N) is 1. The van der Waals surface area contributed by atoms with Gasteiger partial charge in [-0.3, -0.25) is 4.79 Å². The van der Waals surface area contributed by atoms with E-state index >= 15 is 0 Å². The van der Waals surface area contributed by atoms with Gasteiger partial charge in [-0.2, -0.15) is 0 Å². The molecule has 0 spiro atoms. The van der Waals surface area contributed by atoms with Gasteiger partial charge in [-0.1, -0.05) is 23.8 Å². The highest BCUT2D eigenvalue weighted by molar-refractivity contribution is 6.04. The van der Waals surface area contributed by atoms with E-state index in [0.717, 1.165) is 24.6 Å². The lowest BCUT2D eigenvalue weighted by atomic mass is 9.95. The molecular formula is C23H20F2N4O. The van der Waals surface area contributed by atoms with Crippen LogP contribution >= 0.6 is 0 Å². The summed E-state index contributed by atoms with van der Waals surface area (Å²) in [6, 6.07) is 12.6. The second-order valence-electron chi connectivity index (χ2n) is 7.11. The zero-order chi connectivity index (χ0) is 21.1. The first kappa shape index (κ1) is 19.7. The molecule has 0 saturated carbocycles. The summed E-state index contributed by atoms with van der Waals surface area (Å²) in [5.41, 5.74) is 3.68. The average Bonchev–Trinajstić information content (AvgIpc) is 2.77. The van der Waals surface area contributed by atoms with Gasteiger partial charge >= 0.3 is 0 Å². The molecule has 1 aliphatic heterocycles. The second-order valence-corrected chi connectivity index (χ2v) is 7.11. The summed E-state index contributed by atoms with van der Waals surface area (Å²) in [5, 5.41) is 2.61. The van der Waals surface area contributed by atoms with Crippen LogP contribution in [0, 0.1) is 11.6 Å². The number of carbonyl (C=O) groups excluding carboxylic acids is 1. The Morgan fingerprint density at radius 3 is 2.50 bits per heavy atom. The molecule has 1 amide bonds. The second kappa shape index (κ2) is 8.41. The summed E-state index contributed by atoms with van der Waals surface area (Å²) in [6.07, 6.45) is 4.36. The van der Waals surface area contributed by atoms with E-state index in [0.29, 0.717) is 18.2 Å². The van der Waals surface area contributed by atoms with E-state index < -0.39 is 17.5 Å². The first-order chi connectivity index (χ1) is 14.5. The number of hydrogen-bond donors (Lipinski definition) is 1. The van der Waals surface area contributed by atoms with Crippen LogP contribution in [0.5, 0.6) is 0 Å². The minimum absolute atomic E-state index is 0.330. The van der Waals surface area contributed by atoms with Gasteiger partial charge in [0, 0.05) is 31.2 Å². The number of aromatic nitrogens is 2. The monoisotopic (exact) mass is 406 g/mol. The van der Waals surface area contributed by atoms with Crippen molar-refractivity contribution in [2.24, 2.45) is 0 Å². The predicted molar refractivity (Wildman–Crippen MR) is 112 cm³/mol. The Labute approximate surface area is 173 Å². The van der Waals surface area contributed by atoms with Crippen molar-refractivity contribution >= 4 is 23.1 Å². The molecular weight excluding hydrogens is 386 g/mol. The average molecular weight is 406 g/mol. The van der Waals surface area contributed by atoms with Crippen LogP contribution in [0.15, 0.2) is 66.5 Å². The fourth-order valence-corrected chi connectivity index (χ4v) is 3.45. The van der Waals surface area contributed by atoms with Crippen molar-refractivity contribution in [2.75, 3.05) is 23.3 Å². The molecule has 0 bridgehead atoms. The molecule has 0 saturated heterocycles. The summed E-state index contributed by atoms with van der Waals surface area (Å²) in [5.74, 6) is -2.20. The third kappa shape index (κ3) is 4.05. The van der Waals surface area contributed by atoms with Crippen molar-refractivity contribution < 1.29 is 13.6 Å². The van der Waals surface area contributed by atoms with Crippen molar-refractivity contribution in [1.82, 2.24) is 9.97 Å². The molecule has 1 aliphatic rings. The van der Waals surface area contributed by atoms with Crippen LogP contribution in [0.1, 0.15) is 29.3 Å². The Morgan fingerprint density at radius 1 is 1.03 bits per heavy atom. The third-order valence-electron chi connectivity index (χ3n) is 5.14. The number of amides is 1. The Bertz CT molecular complexity index is 1100. The van der Waals surface area contributed by atoms with E-state index in [4.69, 9.17) is 0 Å². The summed E-state index contributed by atoms with van der Waals surface area (Å²) in [6.45, 7) is 3.66. The topological polar surface area (TPSA) is 58.1 Å². The van der Waals surface area contributed by atoms with E-state index in [-0.39, 0.29) is 5.56 Å². The van der Waals surface area contributed by atoms with Crippen molar-refractivity contribution in [3.63, 3.8) is 0 Å².